The lowest BCUT2D eigenvalue weighted by atomic mass is 9.79. The largest absolute Gasteiger partial charge is 0.402 e. The highest BCUT2D eigenvalue weighted by atomic mass is 19.4. The molecule has 2 aliphatic carbocycles. The lowest BCUT2D eigenvalue weighted by molar-refractivity contribution is -0.125. The fourth-order valence-corrected chi connectivity index (χ4v) is 5.00. The van der Waals surface area contributed by atoms with Gasteiger partial charge in [-0.25, -0.2) is 4.98 Å². The number of alkyl halides is 3. The summed E-state index contributed by atoms with van der Waals surface area (Å²) in [6.07, 6.45) is 1.90. The predicted molar refractivity (Wildman–Crippen MR) is 128 cm³/mol. The Kier molecular flexibility index (Phi) is 7.24. The summed E-state index contributed by atoms with van der Waals surface area (Å²) in [6.45, 7) is 7.19. The van der Waals surface area contributed by atoms with Gasteiger partial charge in [0, 0.05) is 23.9 Å². The first kappa shape index (κ1) is 25.6. The van der Waals surface area contributed by atoms with Gasteiger partial charge < -0.3 is 20.2 Å². The van der Waals surface area contributed by atoms with Gasteiger partial charge in [0.05, 0.1) is 11.9 Å². The van der Waals surface area contributed by atoms with E-state index >= 15 is 0 Å². The van der Waals surface area contributed by atoms with Crippen LogP contribution in [0.3, 0.4) is 0 Å². The number of nitrogens with zero attached hydrogens (tertiary/aromatic N) is 3. The van der Waals surface area contributed by atoms with Gasteiger partial charge in [0.25, 0.3) is 5.89 Å². The lowest BCUT2D eigenvalue weighted by Crippen LogP contribution is -2.46. The number of pyridine rings is 1. The zero-order valence-electron chi connectivity index (χ0n) is 20.7. The van der Waals surface area contributed by atoms with Crippen LogP contribution in [-0.2, 0) is 0 Å². The van der Waals surface area contributed by atoms with Gasteiger partial charge in [-0.15, -0.1) is 5.10 Å². The molecule has 192 valence electrons. The van der Waals surface area contributed by atoms with Crippen LogP contribution in [0.25, 0.3) is 23.2 Å². The number of aromatic nitrogens is 3. The minimum atomic E-state index is -4.27. The van der Waals surface area contributed by atoms with Crippen LogP contribution < -0.4 is 21.2 Å². The van der Waals surface area contributed by atoms with Crippen molar-refractivity contribution >= 4 is 17.7 Å². The van der Waals surface area contributed by atoms with Gasteiger partial charge in [0.1, 0.15) is 5.69 Å². The topological polar surface area (TPSA) is 96.1 Å². The minimum absolute atomic E-state index is 0.170. The maximum Gasteiger partial charge on any atom is 0.401 e. The lowest BCUT2D eigenvalue weighted by Gasteiger charge is -2.29. The van der Waals surface area contributed by atoms with Crippen molar-refractivity contribution in [2.45, 2.75) is 78.1 Å². The fourth-order valence-electron chi connectivity index (χ4n) is 5.00. The number of hydrogen-bond donors (Lipinski definition) is 3. The number of anilines is 1. The smallest absolute Gasteiger partial charge is 0.401 e. The molecule has 1 fully saturated rings. The van der Waals surface area contributed by atoms with E-state index in [1.165, 1.54) is 0 Å². The van der Waals surface area contributed by atoms with Crippen molar-refractivity contribution < 1.29 is 22.7 Å². The summed E-state index contributed by atoms with van der Waals surface area (Å²) in [5, 5.41) is 25.3. The molecule has 0 bridgehead atoms. The highest BCUT2D eigenvalue weighted by Crippen LogP contribution is 2.31. The third kappa shape index (κ3) is 6.22. The van der Waals surface area contributed by atoms with Gasteiger partial charge in [0.15, 0.2) is 0 Å². The molecule has 2 aromatic heterocycles. The third-order valence-corrected chi connectivity index (χ3v) is 6.83. The number of aliphatic hydroxyl groups is 1. The van der Waals surface area contributed by atoms with Gasteiger partial charge in [-0.3, -0.25) is 0 Å². The Bertz CT molecular complexity index is 1170. The Labute approximate surface area is 202 Å². The second-order valence-electron chi connectivity index (χ2n) is 10.8. The highest BCUT2D eigenvalue weighted by Gasteiger charge is 2.31. The molecule has 0 aliphatic heterocycles. The molecule has 2 heterocycles. The third-order valence-electron chi connectivity index (χ3n) is 6.83. The van der Waals surface area contributed by atoms with Crippen LogP contribution in [0.5, 0.6) is 0 Å². The molecule has 10 heteroatoms. The van der Waals surface area contributed by atoms with Crippen LogP contribution in [0.2, 0.25) is 0 Å². The van der Waals surface area contributed by atoms with Crippen molar-refractivity contribution in [1.82, 2.24) is 20.5 Å². The second-order valence-corrected chi connectivity index (χ2v) is 10.8. The summed E-state index contributed by atoms with van der Waals surface area (Å²) in [5.74, 6) is 0.573. The second kappa shape index (κ2) is 9.89. The number of rotatable bonds is 6. The summed E-state index contributed by atoms with van der Waals surface area (Å²) in [7, 11) is 0. The molecule has 0 aromatic carbocycles. The van der Waals surface area contributed by atoms with Crippen molar-refractivity contribution in [1.29, 1.82) is 0 Å². The SMILES string of the molecule is Cc1cc(-c2nnc(NC3CCCC(CO)C3)o2)nc2c1=CC(NCC(F)(F)F)CC=2C(C)(C)C. The summed E-state index contributed by atoms with van der Waals surface area (Å²) in [5.41, 5.74) is 2.12. The van der Waals surface area contributed by atoms with E-state index in [0.717, 1.165) is 47.4 Å². The van der Waals surface area contributed by atoms with Crippen molar-refractivity contribution in [2.75, 3.05) is 18.5 Å². The van der Waals surface area contributed by atoms with Crippen LogP contribution in [0.15, 0.2) is 10.5 Å². The van der Waals surface area contributed by atoms with Gasteiger partial charge in [-0.05, 0) is 61.1 Å². The molecule has 1 saturated carbocycles. The monoisotopic (exact) mass is 493 g/mol. The molecular formula is C25H34F3N5O2. The van der Waals surface area contributed by atoms with Crippen LogP contribution >= 0.6 is 0 Å². The Morgan fingerprint density at radius 3 is 2.63 bits per heavy atom. The number of nitrogens with one attached hydrogen (secondary N) is 2. The van der Waals surface area contributed by atoms with Crippen LogP contribution in [0.1, 0.15) is 58.4 Å². The van der Waals surface area contributed by atoms with E-state index in [1.807, 2.05) is 39.8 Å². The van der Waals surface area contributed by atoms with Crippen molar-refractivity contribution in [3.8, 4) is 11.6 Å². The van der Waals surface area contributed by atoms with Crippen LogP contribution in [-0.4, -0.2) is 51.7 Å². The summed E-state index contributed by atoms with van der Waals surface area (Å²) >= 11 is 0. The maximum absolute atomic E-state index is 12.8. The number of fused-ring (bicyclic) bond motifs is 1. The van der Waals surface area contributed by atoms with Crippen molar-refractivity contribution in [3.05, 3.63) is 22.2 Å². The van der Waals surface area contributed by atoms with E-state index in [4.69, 9.17) is 9.40 Å². The Morgan fingerprint density at radius 1 is 1.17 bits per heavy atom. The van der Waals surface area contributed by atoms with E-state index in [-0.39, 0.29) is 24.0 Å². The van der Waals surface area contributed by atoms with E-state index in [0.29, 0.717) is 24.0 Å². The molecule has 2 aromatic rings. The summed E-state index contributed by atoms with van der Waals surface area (Å²) < 4.78 is 44.3. The molecule has 2 aliphatic rings. The van der Waals surface area contributed by atoms with Crippen molar-refractivity contribution in [2.24, 2.45) is 11.3 Å². The molecular weight excluding hydrogens is 459 g/mol. The van der Waals surface area contributed by atoms with Crippen LogP contribution in [0.4, 0.5) is 19.2 Å². The first-order chi connectivity index (χ1) is 16.4. The maximum atomic E-state index is 12.8. The molecule has 0 radical (unpaired) electrons. The zero-order valence-corrected chi connectivity index (χ0v) is 20.7. The molecule has 3 atom stereocenters. The van der Waals surface area contributed by atoms with Gasteiger partial charge in [0.2, 0.25) is 0 Å². The quantitative estimate of drug-likeness (QED) is 0.568. The normalized spacial score (nSPS) is 23.1. The molecule has 3 N–H and O–H groups in total. The summed E-state index contributed by atoms with van der Waals surface area (Å²) in [4.78, 5) is 4.85. The molecule has 35 heavy (non-hydrogen) atoms. The first-order valence-electron chi connectivity index (χ1n) is 12.2. The van der Waals surface area contributed by atoms with Gasteiger partial charge in [-0.1, -0.05) is 38.4 Å². The molecule has 7 nitrogen and oxygen atoms in total. The first-order valence-corrected chi connectivity index (χ1v) is 12.2. The predicted octanol–water partition coefficient (Wildman–Crippen LogP) is 3.30. The van der Waals surface area contributed by atoms with Gasteiger partial charge in [-0.2, -0.15) is 13.2 Å². The number of hydrogen-bond acceptors (Lipinski definition) is 7. The minimum Gasteiger partial charge on any atom is -0.402 e. The average Bonchev–Trinajstić information content (AvgIpc) is 3.25. The average molecular weight is 494 g/mol. The van der Waals surface area contributed by atoms with E-state index in [9.17, 15) is 18.3 Å². The Morgan fingerprint density at radius 2 is 1.94 bits per heavy atom. The molecule has 0 saturated heterocycles. The van der Waals surface area contributed by atoms with E-state index < -0.39 is 18.8 Å². The standard InChI is InChI=1S/C25H34F3N5O2/c1-14-8-20(22-32-33-23(35-22)30-16-7-5-6-15(9-16)12-34)31-21-18(14)10-17(29-13-25(26,27)28)11-19(21)24(2,3)4/h8,10,15-17,29,34H,5-7,9,11-13H2,1-4H3,(H,30,33). The fraction of sp³-hybridized carbons (Fsp3) is 0.640. The highest BCUT2D eigenvalue weighted by molar-refractivity contribution is 5.60. The van der Waals surface area contributed by atoms with Crippen molar-refractivity contribution in [3.63, 3.8) is 0 Å². The van der Waals surface area contributed by atoms with E-state index in [1.54, 1.807) is 0 Å². The molecule has 4 rings (SSSR count). The molecule has 0 spiro atoms. The molecule has 0 amide bonds. The number of aliphatic hydroxyl groups excluding tert-OH is 1. The van der Waals surface area contributed by atoms with Gasteiger partial charge >= 0.3 is 12.2 Å². The number of halogens is 3. The Hall–Kier alpha value is -2.46. The zero-order chi connectivity index (χ0) is 25.4. The number of aryl methyl sites for hydroxylation is 1. The van der Waals surface area contributed by atoms with E-state index in [2.05, 4.69) is 20.8 Å². The Balaban J connectivity index is 1.64. The molecule has 3 unspecified atom stereocenters. The van der Waals surface area contributed by atoms with Crippen LogP contribution in [0, 0.1) is 18.3 Å². The summed E-state index contributed by atoms with van der Waals surface area (Å²) in [6, 6.07) is 1.90.